The second-order valence-electron chi connectivity index (χ2n) is 7.19. The summed E-state index contributed by atoms with van der Waals surface area (Å²) in [6, 6.07) is 0.324. The Labute approximate surface area is 127 Å². The molecule has 118 valence electrons. The molecule has 3 atom stereocenters. The van der Waals surface area contributed by atoms with Crippen LogP contribution in [0.4, 0.5) is 0 Å². The molecule has 4 nitrogen and oxygen atoms in total. The molecule has 0 aromatic heterocycles. The summed E-state index contributed by atoms with van der Waals surface area (Å²) in [5.41, 5.74) is 0. The third-order valence-electron chi connectivity index (χ3n) is 5.65. The fourth-order valence-corrected chi connectivity index (χ4v) is 4.33. The molecule has 0 aromatic rings. The van der Waals surface area contributed by atoms with E-state index >= 15 is 0 Å². The maximum atomic E-state index is 12.6. The van der Waals surface area contributed by atoms with E-state index in [2.05, 4.69) is 12.2 Å². The van der Waals surface area contributed by atoms with Gasteiger partial charge >= 0.3 is 0 Å². The predicted octanol–water partition coefficient (Wildman–Crippen LogP) is 2.61. The third-order valence-corrected chi connectivity index (χ3v) is 5.65. The smallest absolute Gasteiger partial charge is 0.247 e. The van der Waals surface area contributed by atoms with Crippen molar-refractivity contribution in [1.82, 2.24) is 10.2 Å². The van der Waals surface area contributed by atoms with Gasteiger partial charge in [-0.2, -0.15) is 0 Å². The van der Waals surface area contributed by atoms with Crippen LogP contribution in [0.1, 0.15) is 71.1 Å². The molecule has 2 aliphatic carbocycles. The minimum absolute atomic E-state index is 0.0448. The van der Waals surface area contributed by atoms with Gasteiger partial charge in [0.05, 0.1) is 12.5 Å². The average molecular weight is 292 g/mol. The lowest BCUT2D eigenvalue weighted by Crippen LogP contribution is -2.47. The zero-order chi connectivity index (χ0) is 14.8. The van der Waals surface area contributed by atoms with Gasteiger partial charge in [-0.25, -0.2) is 0 Å². The highest BCUT2D eigenvalue weighted by molar-refractivity contribution is 6.05. The molecule has 3 unspecified atom stereocenters. The number of nitrogens with zero attached hydrogens (tertiary/aromatic N) is 1. The number of hydrogen-bond donors (Lipinski definition) is 1. The number of nitrogens with one attached hydrogen (secondary N) is 1. The molecule has 3 aliphatic rings. The van der Waals surface area contributed by atoms with Crippen molar-refractivity contribution in [1.29, 1.82) is 0 Å². The number of rotatable bonds is 3. The molecule has 0 bridgehead atoms. The molecule has 3 fully saturated rings. The minimum Gasteiger partial charge on any atom is -0.302 e. The van der Waals surface area contributed by atoms with Crippen LogP contribution in [0.15, 0.2) is 0 Å². The molecule has 0 spiro atoms. The quantitative estimate of drug-likeness (QED) is 0.642. The van der Waals surface area contributed by atoms with Crippen LogP contribution in [-0.4, -0.2) is 34.8 Å². The highest BCUT2D eigenvalue weighted by Gasteiger charge is 2.43. The van der Waals surface area contributed by atoms with Crippen molar-refractivity contribution in [3.8, 4) is 0 Å². The molecule has 0 radical (unpaired) electrons. The first-order valence-corrected chi connectivity index (χ1v) is 8.79. The lowest BCUT2D eigenvalue weighted by molar-refractivity contribution is -0.141. The first-order chi connectivity index (χ1) is 10.2. The number of likely N-dealkylation sites (tertiary alicyclic amines) is 1. The van der Waals surface area contributed by atoms with Crippen LogP contribution in [0.5, 0.6) is 0 Å². The Morgan fingerprint density at radius 3 is 2.38 bits per heavy atom. The number of hydrogen-bond acceptors (Lipinski definition) is 3. The van der Waals surface area contributed by atoms with E-state index in [4.69, 9.17) is 0 Å². The van der Waals surface area contributed by atoms with Gasteiger partial charge in [-0.05, 0) is 31.6 Å². The fourth-order valence-electron chi connectivity index (χ4n) is 4.33. The lowest BCUT2D eigenvalue weighted by Gasteiger charge is -2.27. The highest BCUT2D eigenvalue weighted by Crippen LogP contribution is 2.29. The van der Waals surface area contributed by atoms with Crippen LogP contribution >= 0.6 is 0 Å². The second kappa shape index (κ2) is 6.47. The van der Waals surface area contributed by atoms with Gasteiger partial charge < -0.3 is 5.32 Å². The summed E-state index contributed by atoms with van der Waals surface area (Å²) in [4.78, 5) is 26.4. The van der Waals surface area contributed by atoms with Crippen molar-refractivity contribution < 1.29 is 9.59 Å². The monoisotopic (exact) mass is 292 g/mol. The molecule has 3 rings (SSSR count). The van der Waals surface area contributed by atoms with Gasteiger partial charge in [-0.1, -0.05) is 39.0 Å². The molecule has 1 heterocycles. The first kappa shape index (κ1) is 15.0. The molecular formula is C17H28N2O2. The van der Waals surface area contributed by atoms with Gasteiger partial charge in [-0.3, -0.25) is 14.5 Å². The maximum absolute atomic E-state index is 12.6. The minimum atomic E-state index is -0.261. The van der Waals surface area contributed by atoms with E-state index < -0.39 is 0 Å². The molecule has 0 aromatic carbocycles. The largest absolute Gasteiger partial charge is 0.302 e. The summed E-state index contributed by atoms with van der Waals surface area (Å²) < 4.78 is 0. The standard InChI is InChI=1S/C17H28N2O2/c1-12-7-3-2-4-10-14(12)18-15-11-16(20)19(17(15)21)13-8-5-6-9-13/h12-15,18H,2-11H2,1H3. The van der Waals surface area contributed by atoms with E-state index in [0.29, 0.717) is 18.4 Å². The Balaban J connectivity index is 1.63. The van der Waals surface area contributed by atoms with Gasteiger partial charge in [0.2, 0.25) is 11.8 Å². The summed E-state index contributed by atoms with van der Waals surface area (Å²) in [6.07, 6.45) is 10.9. The van der Waals surface area contributed by atoms with Crippen molar-refractivity contribution in [2.75, 3.05) is 0 Å². The van der Waals surface area contributed by atoms with Gasteiger partial charge in [-0.15, -0.1) is 0 Å². The second-order valence-corrected chi connectivity index (χ2v) is 7.19. The Morgan fingerprint density at radius 2 is 1.62 bits per heavy atom. The summed E-state index contributed by atoms with van der Waals surface area (Å²) in [7, 11) is 0. The van der Waals surface area contributed by atoms with Crippen LogP contribution in [0.2, 0.25) is 0 Å². The maximum Gasteiger partial charge on any atom is 0.247 e. The van der Waals surface area contributed by atoms with Crippen LogP contribution in [-0.2, 0) is 9.59 Å². The summed E-state index contributed by atoms with van der Waals surface area (Å²) in [5.74, 6) is 0.699. The molecule has 2 saturated carbocycles. The van der Waals surface area contributed by atoms with E-state index in [1.54, 1.807) is 4.90 Å². The molecule has 1 N–H and O–H groups in total. The third kappa shape index (κ3) is 3.15. The summed E-state index contributed by atoms with van der Waals surface area (Å²) >= 11 is 0. The Bertz CT molecular complexity index is 404. The number of imide groups is 1. The van der Waals surface area contributed by atoms with Crippen molar-refractivity contribution in [3.05, 3.63) is 0 Å². The average Bonchev–Trinajstić information content (AvgIpc) is 3.00. The van der Waals surface area contributed by atoms with Crippen molar-refractivity contribution >= 4 is 11.8 Å². The normalized spacial score (nSPS) is 35.5. The van der Waals surface area contributed by atoms with E-state index in [-0.39, 0.29) is 23.9 Å². The Kier molecular flexibility index (Phi) is 4.63. The molecule has 4 heteroatoms. The van der Waals surface area contributed by atoms with Crippen molar-refractivity contribution in [2.24, 2.45) is 5.92 Å². The fraction of sp³-hybridized carbons (Fsp3) is 0.882. The molecule has 2 amide bonds. The van der Waals surface area contributed by atoms with E-state index in [0.717, 1.165) is 32.1 Å². The zero-order valence-electron chi connectivity index (χ0n) is 13.1. The Hall–Kier alpha value is -0.900. The van der Waals surface area contributed by atoms with Crippen LogP contribution in [0, 0.1) is 5.92 Å². The number of carbonyl (C=O) groups is 2. The van der Waals surface area contributed by atoms with Crippen molar-refractivity contribution in [2.45, 2.75) is 89.3 Å². The summed E-state index contributed by atoms with van der Waals surface area (Å²) in [5, 5.41) is 3.53. The molecule has 1 saturated heterocycles. The SMILES string of the molecule is CC1CCCCCC1NC1CC(=O)N(C2CCCC2)C1=O. The van der Waals surface area contributed by atoms with E-state index in [1.807, 2.05) is 0 Å². The van der Waals surface area contributed by atoms with E-state index in [1.165, 1.54) is 25.7 Å². The van der Waals surface area contributed by atoms with Gasteiger partial charge in [0.1, 0.15) is 0 Å². The number of amides is 2. The van der Waals surface area contributed by atoms with Crippen LogP contribution in [0.3, 0.4) is 0 Å². The molecule has 1 aliphatic heterocycles. The van der Waals surface area contributed by atoms with E-state index in [9.17, 15) is 9.59 Å². The van der Waals surface area contributed by atoms with Crippen LogP contribution in [0.25, 0.3) is 0 Å². The zero-order valence-corrected chi connectivity index (χ0v) is 13.1. The van der Waals surface area contributed by atoms with Crippen LogP contribution < -0.4 is 5.32 Å². The summed E-state index contributed by atoms with van der Waals surface area (Å²) in [6.45, 7) is 2.28. The molecular weight excluding hydrogens is 264 g/mol. The molecule has 21 heavy (non-hydrogen) atoms. The van der Waals surface area contributed by atoms with Gasteiger partial charge in [0.25, 0.3) is 0 Å². The predicted molar refractivity (Wildman–Crippen MR) is 81.7 cm³/mol. The van der Waals surface area contributed by atoms with Gasteiger partial charge in [0.15, 0.2) is 0 Å². The first-order valence-electron chi connectivity index (χ1n) is 8.79. The Morgan fingerprint density at radius 1 is 0.952 bits per heavy atom. The van der Waals surface area contributed by atoms with Gasteiger partial charge in [0, 0.05) is 12.1 Å². The van der Waals surface area contributed by atoms with Crippen molar-refractivity contribution in [3.63, 3.8) is 0 Å². The topological polar surface area (TPSA) is 49.4 Å². The lowest BCUT2D eigenvalue weighted by atomic mass is 9.96. The number of carbonyl (C=O) groups excluding carboxylic acids is 2. The highest BCUT2D eigenvalue weighted by atomic mass is 16.2.